The second-order valence-electron chi connectivity index (χ2n) is 3.16. The fourth-order valence-corrected chi connectivity index (χ4v) is 0.961. The average Bonchev–Trinajstić information content (AvgIpc) is 2.14. The van der Waals surface area contributed by atoms with Gasteiger partial charge in [0.15, 0.2) is 0 Å². The van der Waals surface area contributed by atoms with Gasteiger partial charge < -0.3 is 16.3 Å². The van der Waals surface area contributed by atoms with Crippen LogP contribution in [0.1, 0.15) is 25.7 Å². The molecule has 0 saturated heterocycles. The van der Waals surface area contributed by atoms with Crippen LogP contribution in [0.3, 0.4) is 0 Å². The van der Waals surface area contributed by atoms with Gasteiger partial charge in [0.25, 0.3) is 0 Å². The standard InChI is InChI=1S/C8H16F3N3O/c9-8(10,11)4-6-13-5-2-1-3-7(12)14-15/h13,15H,1-6H2,(H2,12,14). The van der Waals surface area contributed by atoms with E-state index >= 15 is 0 Å². The number of halogens is 3. The predicted molar refractivity (Wildman–Crippen MR) is 50.8 cm³/mol. The Labute approximate surface area is 86.3 Å². The van der Waals surface area contributed by atoms with E-state index in [-0.39, 0.29) is 12.4 Å². The van der Waals surface area contributed by atoms with Crippen LogP contribution in [0.5, 0.6) is 0 Å². The molecule has 0 radical (unpaired) electrons. The summed E-state index contributed by atoms with van der Waals surface area (Å²) in [6, 6.07) is 0. The van der Waals surface area contributed by atoms with Gasteiger partial charge >= 0.3 is 6.18 Å². The Kier molecular flexibility index (Phi) is 6.85. The van der Waals surface area contributed by atoms with Crippen LogP contribution in [0, 0.1) is 0 Å². The van der Waals surface area contributed by atoms with E-state index in [1.54, 1.807) is 0 Å². The van der Waals surface area contributed by atoms with Crippen molar-refractivity contribution in [2.45, 2.75) is 31.9 Å². The monoisotopic (exact) mass is 227 g/mol. The van der Waals surface area contributed by atoms with E-state index in [0.29, 0.717) is 25.8 Å². The van der Waals surface area contributed by atoms with Crippen LogP contribution >= 0.6 is 0 Å². The lowest BCUT2D eigenvalue weighted by molar-refractivity contribution is -0.133. The van der Waals surface area contributed by atoms with Gasteiger partial charge in [-0.1, -0.05) is 5.16 Å². The second-order valence-corrected chi connectivity index (χ2v) is 3.16. The summed E-state index contributed by atoms with van der Waals surface area (Å²) in [4.78, 5) is 0. The van der Waals surface area contributed by atoms with Crippen LogP contribution in [0.25, 0.3) is 0 Å². The van der Waals surface area contributed by atoms with Gasteiger partial charge in [0, 0.05) is 13.0 Å². The van der Waals surface area contributed by atoms with Gasteiger partial charge in [-0.15, -0.1) is 0 Å². The van der Waals surface area contributed by atoms with E-state index in [0.717, 1.165) is 0 Å². The van der Waals surface area contributed by atoms with E-state index in [1.165, 1.54) is 0 Å². The first-order valence-corrected chi connectivity index (χ1v) is 4.69. The molecule has 0 fully saturated rings. The third kappa shape index (κ3) is 10.9. The minimum Gasteiger partial charge on any atom is -0.409 e. The number of nitrogens with one attached hydrogen (secondary N) is 1. The summed E-state index contributed by atoms with van der Waals surface area (Å²) in [6.45, 7) is 0.446. The number of alkyl halides is 3. The number of nitrogens with two attached hydrogens (primary N) is 1. The van der Waals surface area contributed by atoms with Crippen molar-refractivity contribution in [1.82, 2.24) is 5.32 Å². The van der Waals surface area contributed by atoms with E-state index in [4.69, 9.17) is 10.9 Å². The highest BCUT2D eigenvalue weighted by molar-refractivity contribution is 5.79. The fraction of sp³-hybridized carbons (Fsp3) is 0.875. The minimum absolute atomic E-state index is 0.0624. The van der Waals surface area contributed by atoms with Crippen molar-refractivity contribution in [2.75, 3.05) is 13.1 Å². The Bertz CT molecular complexity index is 194. The Morgan fingerprint density at radius 3 is 2.47 bits per heavy atom. The van der Waals surface area contributed by atoms with Crippen molar-refractivity contribution < 1.29 is 18.4 Å². The zero-order chi connectivity index (χ0) is 11.7. The van der Waals surface area contributed by atoms with Crippen LogP contribution in [-0.4, -0.2) is 30.3 Å². The molecular weight excluding hydrogens is 211 g/mol. The number of nitrogens with zero attached hydrogens (tertiary/aromatic N) is 1. The third-order valence-electron chi connectivity index (χ3n) is 1.75. The number of rotatable bonds is 7. The summed E-state index contributed by atoms with van der Waals surface area (Å²) in [7, 11) is 0. The molecule has 0 aromatic heterocycles. The van der Waals surface area contributed by atoms with Gasteiger partial charge in [0.1, 0.15) is 5.84 Å². The number of hydrogen-bond donors (Lipinski definition) is 3. The van der Waals surface area contributed by atoms with Crippen LogP contribution in [0.2, 0.25) is 0 Å². The molecule has 4 N–H and O–H groups in total. The highest BCUT2D eigenvalue weighted by atomic mass is 19.4. The predicted octanol–water partition coefficient (Wildman–Crippen LogP) is 1.45. The summed E-state index contributed by atoms with van der Waals surface area (Å²) in [6.07, 6.45) is -3.06. The molecule has 0 aliphatic rings. The molecule has 0 unspecified atom stereocenters. The number of oxime groups is 1. The zero-order valence-electron chi connectivity index (χ0n) is 8.35. The molecule has 0 aromatic rings. The molecule has 0 atom stereocenters. The second kappa shape index (κ2) is 7.33. The van der Waals surface area contributed by atoms with Crippen LogP contribution in [-0.2, 0) is 0 Å². The molecule has 0 spiro atoms. The molecule has 0 rings (SSSR count). The zero-order valence-corrected chi connectivity index (χ0v) is 8.35. The Hall–Kier alpha value is -0.980. The molecule has 0 saturated carbocycles. The van der Waals surface area contributed by atoms with Crippen molar-refractivity contribution >= 4 is 5.84 Å². The molecule has 0 aromatic carbocycles. The molecule has 7 heteroatoms. The van der Waals surface area contributed by atoms with Crippen molar-refractivity contribution in [1.29, 1.82) is 0 Å². The Morgan fingerprint density at radius 2 is 1.93 bits per heavy atom. The van der Waals surface area contributed by atoms with E-state index < -0.39 is 12.6 Å². The van der Waals surface area contributed by atoms with Gasteiger partial charge in [-0.3, -0.25) is 0 Å². The summed E-state index contributed by atoms with van der Waals surface area (Å²) in [5.41, 5.74) is 5.20. The normalized spacial score (nSPS) is 13.1. The summed E-state index contributed by atoms with van der Waals surface area (Å²) < 4.78 is 35.0. The molecule has 15 heavy (non-hydrogen) atoms. The minimum atomic E-state index is -4.10. The first kappa shape index (κ1) is 14.0. The van der Waals surface area contributed by atoms with Crippen molar-refractivity contribution in [3.8, 4) is 0 Å². The van der Waals surface area contributed by atoms with Gasteiger partial charge in [0.2, 0.25) is 0 Å². The highest BCUT2D eigenvalue weighted by Crippen LogP contribution is 2.17. The third-order valence-corrected chi connectivity index (χ3v) is 1.75. The first-order valence-electron chi connectivity index (χ1n) is 4.69. The van der Waals surface area contributed by atoms with Gasteiger partial charge in [-0.2, -0.15) is 13.2 Å². The van der Waals surface area contributed by atoms with Crippen LogP contribution in [0.15, 0.2) is 5.16 Å². The first-order chi connectivity index (χ1) is 6.95. The van der Waals surface area contributed by atoms with Crippen molar-refractivity contribution in [3.63, 3.8) is 0 Å². The van der Waals surface area contributed by atoms with E-state index in [1.807, 2.05) is 0 Å². The van der Waals surface area contributed by atoms with Gasteiger partial charge in [-0.25, -0.2) is 0 Å². The maximum absolute atomic E-state index is 11.7. The van der Waals surface area contributed by atoms with Crippen molar-refractivity contribution in [2.24, 2.45) is 10.9 Å². The number of hydrogen-bond acceptors (Lipinski definition) is 3. The molecule has 0 amide bonds. The summed E-state index contributed by atoms with van der Waals surface area (Å²) in [5, 5.41) is 13.6. The average molecular weight is 227 g/mol. The smallest absolute Gasteiger partial charge is 0.390 e. The fourth-order valence-electron chi connectivity index (χ4n) is 0.961. The van der Waals surface area contributed by atoms with E-state index in [2.05, 4.69) is 10.5 Å². The molecule has 90 valence electrons. The molecule has 0 bridgehead atoms. The van der Waals surface area contributed by atoms with Gasteiger partial charge in [-0.05, 0) is 19.4 Å². The van der Waals surface area contributed by atoms with Gasteiger partial charge in [0.05, 0.1) is 6.42 Å². The Morgan fingerprint density at radius 1 is 1.27 bits per heavy atom. The SMILES string of the molecule is NC(CCCCNCCC(F)(F)F)=NO. The maximum Gasteiger partial charge on any atom is 0.390 e. The number of unbranched alkanes of at least 4 members (excludes halogenated alkanes) is 1. The summed E-state index contributed by atoms with van der Waals surface area (Å²) >= 11 is 0. The lowest BCUT2D eigenvalue weighted by Gasteiger charge is -2.07. The lowest BCUT2D eigenvalue weighted by Crippen LogP contribution is -2.22. The maximum atomic E-state index is 11.7. The Balaban J connectivity index is 3.19. The molecule has 4 nitrogen and oxygen atoms in total. The van der Waals surface area contributed by atoms with Crippen LogP contribution in [0.4, 0.5) is 13.2 Å². The quantitative estimate of drug-likeness (QED) is 0.203. The number of amidine groups is 1. The van der Waals surface area contributed by atoms with E-state index in [9.17, 15) is 13.2 Å². The molecule has 0 heterocycles. The topological polar surface area (TPSA) is 70.6 Å². The largest absolute Gasteiger partial charge is 0.409 e. The summed E-state index contributed by atoms with van der Waals surface area (Å²) in [5.74, 6) is 0.144. The molecule has 0 aliphatic carbocycles. The lowest BCUT2D eigenvalue weighted by atomic mass is 10.2. The van der Waals surface area contributed by atoms with Crippen LogP contribution < -0.4 is 11.1 Å². The highest BCUT2D eigenvalue weighted by Gasteiger charge is 2.25. The molecular formula is C8H16F3N3O. The van der Waals surface area contributed by atoms with Crippen molar-refractivity contribution in [3.05, 3.63) is 0 Å². The molecule has 0 aliphatic heterocycles.